The average Bonchev–Trinajstić information content (AvgIpc) is 2.38. The van der Waals surface area contributed by atoms with E-state index in [-0.39, 0.29) is 11.1 Å². The van der Waals surface area contributed by atoms with Crippen molar-refractivity contribution < 1.29 is 22.4 Å². The smallest absolute Gasteiger partial charge is 0.201 e. The summed E-state index contributed by atoms with van der Waals surface area (Å²) in [5.41, 5.74) is -1.53. The minimum absolute atomic E-state index is 0.00392. The molecule has 0 N–H and O–H groups in total. The quantitative estimate of drug-likeness (QED) is 0.599. The Hall–Kier alpha value is -2.17. The van der Waals surface area contributed by atoms with Gasteiger partial charge in [0.15, 0.2) is 0 Å². The Balaban J connectivity index is 2.64. The topological polar surface area (TPSA) is 17.1 Å². The van der Waals surface area contributed by atoms with Crippen LogP contribution in [0.1, 0.15) is 27.0 Å². The van der Waals surface area contributed by atoms with Crippen LogP contribution in [0, 0.1) is 37.1 Å². The maximum atomic E-state index is 13.8. The molecule has 0 heterocycles. The fraction of sp³-hybridized carbons (Fsp3) is 0.133. The zero-order chi connectivity index (χ0) is 15.0. The number of ketones is 1. The molecule has 0 aliphatic heterocycles. The van der Waals surface area contributed by atoms with Crippen molar-refractivity contribution in [3.8, 4) is 0 Å². The summed E-state index contributed by atoms with van der Waals surface area (Å²) in [5.74, 6) is -5.24. The average molecular weight is 282 g/mol. The third kappa shape index (κ3) is 2.31. The molecular formula is C15H10F4O. The number of benzene rings is 2. The summed E-state index contributed by atoms with van der Waals surface area (Å²) in [6.07, 6.45) is 0. The summed E-state index contributed by atoms with van der Waals surface area (Å²) < 4.78 is 54.5. The molecule has 0 aliphatic carbocycles. The summed E-state index contributed by atoms with van der Waals surface area (Å²) in [6.45, 7) is 2.66. The van der Waals surface area contributed by atoms with E-state index in [4.69, 9.17) is 0 Å². The highest BCUT2D eigenvalue weighted by Crippen LogP contribution is 2.23. The molecule has 0 fully saturated rings. The molecule has 2 aromatic carbocycles. The normalized spacial score (nSPS) is 10.7. The second kappa shape index (κ2) is 5.07. The van der Waals surface area contributed by atoms with Crippen molar-refractivity contribution >= 4 is 5.78 Å². The summed E-state index contributed by atoms with van der Waals surface area (Å²) in [5, 5.41) is 0. The minimum atomic E-state index is -1.22. The zero-order valence-electron chi connectivity index (χ0n) is 10.7. The van der Waals surface area contributed by atoms with Gasteiger partial charge in [-0.25, -0.2) is 17.6 Å². The fourth-order valence-electron chi connectivity index (χ4n) is 1.82. The van der Waals surface area contributed by atoms with Crippen LogP contribution in [-0.2, 0) is 0 Å². The van der Waals surface area contributed by atoms with Crippen molar-refractivity contribution in [3.63, 3.8) is 0 Å². The molecule has 0 saturated carbocycles. The summed E-state index contributed by atoms with van der Waals surface area (Å²) in [6, 6.07) is 3.53. The number of aryl methyl sites for hydroxylation is 2. The molecule has 0 aliphatic rings. The van der Waals surface area contributed by atoms with E-state index in [1.54, 1.807) is 0 Å². The molecule has 0 amide bonds. The number of carbonyl (C=O) groups is 1. The van der Waals surface area contributed by atoms with E-state index in [2.05, 4.69) is 0 Å². The second-order valence-corrected chi connectivity index (χ2v) is 4.46. The van der Waals surface area contributed by atoms with Crippen molar-refractivity contribution in [1.29, 1.82) is 0 Å². The van der Waals surface area contributed by atoms with Crippen LogP contribution in [0.4, 0.5) is 17.6 Å². The molecule has 0 aromatic heterocycles. The van der Waals surface area contributed by atoms with E-state index in [0.29, 0.717) is 6.07 Å². The Morgan fingerprint density at radius 3 is 2.15 bits per heavy atom. The molecule has 0 unspecified atom stereocenters. The highest BCUT2D eigenvalue weighted by atomic mass is 19.1. The molecule has 0 atom stereocenters. The second-order valence-electron chi connectivity index (χ2n) is 4.46. The highest BCUT2D eigenvalue weighted by Gasteiger charge is 2.24. The molecule has 0 bridgehead atoms. The Morgan fingerprint density at radius 2 is 1.50 bits per heavy atom. The fourth-order valence-corrected chi connectivity index (χ4v) is 1.82. The van der Waals surface area contributed by atoms with E-state index in [0.717, 1.165) is 18.2 Å². The maximum Gasteiger partial charge on any atom is 0.201 e. The third-order valence-corrected chi connectivity index (χ3v) is 3.00. The SMILES string of the molecule is Cc1cc(F)c(C(=O)c2c(F)ccc(C)c2F)cc1F. The van der Waals surface area contributed by atoms with Gasteiger partial charge in [0.25, 0.3) is 0 Å². The standard InChI is InChI=1S/C15H10F4O/c1-7-3-4-10(16)13(14(7)19)15(20)9-6-11(17)8(2)5-12(9)18/h3-6H,1-2H3. The van der Waals surface area contributed by atoms with Gasteiger partial charge in [0.05, 0.1) is 11.1 Å². The molecule has 2 rings (SSSR count). The predicted octanol–water partition coefficient (Wildman–Crippen LogP) is 4.09. The number of rotatable bonds is 2. The molecule has 1 nitrogen and oxygen atoms in total. The molecule has 20 heavy (non-hydrogen) atoms. The van der Waals surface area contributed by atoms with Gasteiger partial charge in [0, 0.05) is 0 Å². The van der Waals surface area contributed by atoms with E-state index in [9.17, 15) is 22.4 Å². The lowest BCUT2D eigenvalue weighted by Gasteiger charge is -2.08. The molecule has 2 aromatic rings. The van der Waals surface area contributed by atoms with Crippen LogP contribution in [0.15, 0.2) is 24.3 Å². The Morgan fingerprint density at radius 1 is 0.850 bits per heavy atom. The van der Waals surface area contributed by atoms with Gasteiger partial charge in [0.2, 0.25) is 5.78 Å². The Bertz CT molecular complexity index is 708. The lowest BCUT2D eigenvalue weighted by Crippen LogP contribution is -2.11. The van der Waals surface area contributed by atoms with Crippen LogP contribution >= 0.6 is 0 Å². The third-order valence-electron chi connectivity index (χ3n) is 3.00. The van der Waals surface area contributed by atoms with Crippen LogP contribution in [0.3, 0.4) is 0 Å². The van der Waals surface area contributed by atoms with Crippen molar-refractivity contribution in [1.82, 2.24) is 0 Å². The van der Waals surface area contributed by atoms with Crippen molar-refractivity contribution in [2.24, 2.45) is 0 Å². The summed E-state index contributed by atoms with van der Waals surface area (Å²) >= 11 is 0. The van der Waals surface area contributed by atoms with Gasteiger partial charge in [0.1, 0.15) is 23.3 Å². The van der Waals surface area contributed by atoms with Gasteiger partial charge in [-0.1, -0.05) is 6.07 Å². The lowest BCUT2D eigenvalue weighted by molar-refractivity contribution is 0.102. The van der Waals surface area contributed by atoms with Crippen LogP contribution in [0.25, 0.3) is 0 Å². The highest BCUT2D eigenvalue weighted by molar-refractivity contribution is 6.09. The first kappa shape index (κ1) is 14.2. The maximum absolute atomic E-state index is 13.8. The predicted molar refractivity (Wildman–Crippen MR) is 65.6 cm³/mol. The van der Waals surface area contributed by atoms with Gasteiger partial charge >= 0.3 is 0 Å². The van der Waals surface area contributed by atoms with Crippen molar-refractivity contribution in [2.75, 3.05) is 0 Å². The molecular weight excluding hydrogens is 272 g/mol. The monoisotopic (exact) mass is 282 g/mol. The number of hydrogen-bond acceptors (Lipinski definition) is 1. The zero-order valence-corrected chi connectivity index (χ0v) is 10.7. The molecule has 0 saturated heterocycles. The Kier molecular flexibility index (Phi) is 3.61. The van der Waals surface area contributed by atoms with Crippen LogP contribution in [0.2, 0.25) is 0 Å². The van der Waals surface area contributed by atoms with Crippen LogP contribution < -0.4 is 0 Å². The molecule has 5 heteroatoms. The van der Waals surface area contributed by atoms with Gasteiger partial charge in [-0.2, -0.15) is 0 Å². The van der Waals surface area contributed by atoms with Gasteiger partial charge in [-0.15, -0.1) is 0 Å². The van der Waals surface area contributed by atoms with Crippen LogP contribution in [0.5, 0.6) is 0 Å². The Labute approximate surface area is 112 Å². The summed E-state index contributed by atoms with van der Waals surface area (Å²) in [4.78, 5) is 12.0. The van der Waals surface area contributed by atoms with Gasteiger partial charge in [-0.3, -0.25) is 4.79 Å². The number of hydrogen-bond donors (Lipinski definition) is 0. The first-order chi connectivity index (χ1) is 9.32. The van der Waals surface area contributed by atoms with E-state index in [1.165, 1.54) is 13.8 Å². The van der Waals surface area contributed by atoms with Gasteiger partial charge < -0.3 is 0 Å². The first-order valence-corrected chi connectivity index (χ1v) is 5.78. The number of carbonyl (C=O) groups excluding carboxylic acids is 1. The molecule has 0 radical (unpaired) electrons. The summed E-state index contributed by atoms with van der Waals surface area (Å²) in [7, 11) is 0. The molecule has 104 valence electrons. The lowest BCUT2D eigenvalue weighted by atomic mass is 9.98. The first-order valence-electron chi connectivity index (χ1n) is 5.78. The number of halogens is 4. The van der Waals surface area contributed by atoms with E-state index >= 15 is 0 Å². The van der Waals surface area contributed by atoms with Crippen molar-refractivity contribution in [3.05, 3.63) is 69.8 Å². The van der Waals surface area contributed by atoms with E-state index in [1.807, 2.05) is 0 Å². The van der Waals surface area contributed by atoms with Crippen molar-refractivity contribution in [2.45, 2.75) is 13.8 Å². The minimum Gasteiger partial charge on any atom is -0.288 e. The largest absolute Gasteiger partial charge is 0.288 e. The van der Waals surface area contributed by atoms with Crippen LogP contribution in [-0.4, -0.2) is 5.78 Å². The molecule has 0 spiro atoms. The van der Waals surface area contributed by atoms with E-state index < -0.39 is 40.2 Å². The van der Waals surface area contributed by atoms with Gasteiger partial charge in [-0.05, 0) is 43.2 Å².